The van der Waals surface area contributed by atoms with E-state index in [0.29, 0.717) is 6.04 Å². The number of amides is 2. The summed E-state index contributed by atoms with van der Waals surface area (Å²) in [7, 11) is 3.53. The lowest BCUT2D eigenvalue weighted by atomic mass is 9.88. The number of rotatable bonds is 6. The molecule has 2 rings (SSSR count). The van der Waals surface area contributed by atoms with E-state index in [4.69, 9.17) is 4.74 Å². The van der Waals surface area contributed by atoms with Gasteiger partial charge in [0.05, 0.1) is 35.8 Å². The van der Waals surface area contributed by atoms with Crippen molar-refractivity contribution >= 4 is 11.7 Å². The third kappa shape index (κ3) is 3.11. The zero-order valence-electron chi connectivity index (χ0n) is 14.3. The van der Waals surface area contributed by atoms with E-state index in [9.17, 15) is 4.79 Å². The number of hydrogen-bond acceptors (Lipinski definition) is 3. The molecular formula is C16H28N4O2. The summed E-state index contributed by atoms with van der Waals surface area (Å²) in [5.74, 6) is 0. The number of urea groups is 1. The fourth-order valence-electron chi connectivity index (χ4n) is 3.07. The number of carbonyl (C=O) groups is 1. The minimum atomic E-state index is -0.0982. The van der Waals surface area contributed by atoms with Gasteiger partial charge in [0.15, 0.2) is 0 Å². The zero-order valence-corrected chi connectivity index (χ0v) is 14.3. The van der Waals surface area contributed by atoms with Crippen molar-refractivity contribution in [2.24, 2.45) is 0 Å². The standard InChI is InChI=1S/C16H28N4O2/c1-6-12(7-2)20-11(3)13(10-17-20)18-16(21)19(4)14-8-9-15(14)22-5/h10,12,14-15H,6-9H2,1-5H3,(H,18,21). The third-order valence-electron chi connectivity index (χ3n) is 4.87. The minimum absolute atomic E-state index is 0.0982. The van der Waals surface area contributed by atoms with Gasteiger partial charge >= 0.3 is 6.03 Å². The van der Waals surface area contributed by atoms with Crippen LogP contribution in [-0.4, -0.2) is 47.0 Å². The SMILES string of the molecule is CCC(CC)n1ncc(NC(=O)N(C)C2CCC2OC)c1C. The summed E-state index contributed by atoms with van der Waals surface area (Å²) < 4.78 is 7.38. The van der Waals surface area contributed by atoms with Gasteiger partial charge in [0.2, 0.25) is 0 Å². The van der Waals surface area contributed by atoms with Crippen LogP contribution in [0.5, 0.6) is 0 Å². The van der Waals surface area contributed by atoms with Crippen molar-refractivity contribution < 1.29 is 9.53 Å². The van der Waals surface area contributed by atoms with E-state index in [1.54, 1.807) is 18.2 Å². The Morgan fingerprint density at radius 1 is 1.50 bits per heavy atom. The number of anilines is 1. The summed E-state index contributed by atoms with van der Waals surface area (Å²) in [5.41, 5.74) is 1.80. The Morgan fingerprint density at radius 2 is 2.18 bits per heavy atom. The Hall–Kier alpha value is -1.56. The number of nitrogens with one attached hydrogen (secondary N) is 1. The lowest BCUT2D eigenvalue weighted by Gasteiger charge is -2.41. The van der Waals surface area contributed by atoms with Crippen molar-refractivity contribution in [3.63, 3.8) is 0 Å². The van der Waals surface area contributed by atoms with E-state index in [1.165, 1.54) is 0 Å². The maximum atomic E-state index is 12.4. The van der Waals surface area contributed by atoms with Crippen LogP contribution in [0.1, 0.15) is 51.3 Å². The van der Waals surface area contributed by atoms with Gasteiger partial charge in [0, 0.05) is 14.2 Å². The number of nitrogens with zero attached hydrogens (tertiary/aromatic N) is 3. The molecule has 124 valence electrons. The van der Waals surface area contributed by atoms with E-state index < -0.39 is 0 Å². The highest BCUT2D eigenvalue weighted by Crippen LogP contribution is 2.28. The van der Waals surface area contributed by atoms with Gasteiger partial charge in [0.1, 0.15) is 0 Å². The smallest absolute Gasteiger partial charge is 0.322 e. The molecule has 0 aromatic carbocycles. The Balaban J connectivity index is 2.03. The molecule has 0 bridgehead atoms. The molecular weight excluding hydrogens is 280 g/mol. The molecule has 2 amide bonds. The van der Waals surface area contributed by atoms with E-state index in [0.717, 1.165) is 37.1 Å². The van der Waals surface area contributed by atoms with Crippen LogP contribution in [-0.2, 0) is 4.74 Å². The number of aromatic nitrogens is 2. The van der Waals surface area contributed by atoms with Gasteiger partial charge in [-0.05, 0) is 32.6 Å². The lowest BCUT2D eigenvalue weighted by molar-refractivity contribution is -0.0252. The van der Waals surface area contributed by atoms with Gasteiger partial charge in [-0.2, -0.15) is 5.10 Å². The molecule has 1 aliphatic rings. The quantitative estimate of drug-likeness (QED) is 0.878. The van der Waals surface area contributed by atoms with Crippen molar-refractivity contribution in [3.05, 3.63) is 11.9 Å². The van der Waals surface area contributed by atoms with Crippen molar-refractivity contribution in [2.75, 3.05) is 19.5 Å². The van der Waals surface area contributed by atoms with Crippen LogP contribution >= 0.6 is 0 Å². The first kappa shape index (κ1) is 16.8. The summed E-state index contributed by atoms with van der Waals surface area (Å²) >= 11 is 0. The normalized spacial score (nSPS) is 20.8. The lowest BCUT2D eigenvalue weighted by Crippen LogP contribution is -2.53. The molecule has 1 aromatic heterocycles. The summed E-state index contributed by atoms with van der Waals surface area (Å²) in [6, 6.07) is 0.450. The molecule has 1 heterocycles. The van der Waals surface area contributed by atoms with E-state index >= 15 is 0 Å². The van der Waals surface area contributed by atoms with Crippen LogP contribution in [0.3, 0.4) is 0 Å². The first-order valence-corrected chi connectivity index (χ1v) is 8.14. The molecule has 0 aliphatic heterocycles. The second-order valence-electron chi connectivity index (χ2n) is 6.02. The van der Waals surface area contributed by atoms with Crippen LogP contribution < -0.4 is 5.32 Å². The van der Waals surface area contributed by atoms with E-state index in [-0.39, 0.29) is 18.2 Å². The van der Waals surface area contributed by atoms with Crippen LogP contribution in [0.15, 0.2) is 6.20 Å². The zero-order chi connectivity index (χ0) is 16.3. The predicted molar refractivity (Wildman–Crippen MR) is 87.2 cm³/mol. The van der Waals surface area contributed by atoms with Crippen molar-refractivity contribution in [3.8, 4) is 0 Å². The molecule has 1 aromatic rings. The van der Waals surface area contributed by atoms with E-state index in [2.05, 4.69) is 24.3 Å². The molecule has 6 heteroatoms. The maximum absolute atomic E-state index is 12.4. The second-order valence-corrected chi connectivity index (χ2v) is 6.02. The molecule has 1 aliphatic carbocycles. The highest BCUT2D eigenvalue weighted by molar-refractivity contribution is 5.89. The van der Waals surface area contributed by atoms with Gasteiger partial charge in [-0.3, -0.25) is 4.68 Å². The van der Waals surface area contributed by atoms with Crippen molar-refractivity contribution in [1.29, 1.82) is 0 Å². The topological polar surface area (TPSA) is 59.4 Å². The van der Waals surface area contributed by atoms with E-state index in [1.807, 2.05) is 18.7 Å². The number of methoxy groups -OCH3 is 1. The van der Waals surface area contributed by atoms with Gasteiger partial charge < -0.3 is 15.0 Å². The van der Waals surface area contributed by atoms with Gasteiger partial charge in [-0.15, -0.1) is 0 Å². The molecule has 2 atom stereocenters. The average molecular weight is 308 g/mol. The second kappa shape index (κ2) is 7.13. The predicted octanol–water partition coefficient (Wildman–Crippen LogP) is 3.19. The van der Waals surface area contributed by atoms with Crippen LogP contribution in [0, 0.1) is 6.92 Å². The molecule has 1 N–H and O–H groups in total. The summed E-state index contributed by atoms with van der Waals surface area (Å²) in [5, 5.41) is 7.41. The van der Waals surface area contributed by atoms with Crippen molar-refractivity contribution in [2.45, 2.75) is 64.6 Å². The van der Waals surface area contributed by atoms with Gasteiger partial charge in [-0.1, -0.05) is 13.8 Å². The fourth-order valence-corrected chi connectivity index (χ4v) is 3.07. The minimum Gasteiger partial charge on any atom is -0.379 e. The molecule has 2 unspecified atom stereocenters. The number of likely N-dealkylation sites (N-methyl/N-ethyl adjacent to an activating group) is 1. The number of carbonyl (C=O) groups excluding carboxylic acids is 1. The molecule has 22 heavy (non-hydrogen) atoms. The van der Waals surface area contributed by atoms with Gasteiger partial charge in [0.25, 0.3) is 0 Å². The Kier molecular flexibility index (Phi) is 5.45. The van der Waals surface area contributed by atoms with Crippen molar-refractivity contribution in [1.82, 2.24) is 14.7 Å². The van der Waals surface area contributed by atoms with Crippen LogP contribution in [0.25, 0.3) is 0 Å². The summed E-state index contributed by atoms with van der Waals surface area (Å²) in [6.45, 7) is 6.31. The largest absolute Gasteiger partial charge is 0.379 e. The summed E-state index contributed by atoms with van der Waals surface area (Å²) in [6.07, 6.45) is 5.98. The van der Waals surface area contributed by atoms with Crippen LogP contribution in [0.4, 0.5) is 10.5 Å². The molecule has 6 nitrogen and oxygen atoms in total. The Bertz CT molecular complexity index is 508. The highest BCUT2D eigenvalue weighted by atomic mass is 16.5. The molecule has 1 fully saturated rings. The molecule has 0 saturated heterocycles. The summed E-state index contributed by atoms with van der Waals surface area (Å²) in [4.78, 5) is 14.1. The maximum Gasteiger partial charge on any atom is 0.322 e. The molecule has 1 saturated carbocycles. The first-order valence-electron chi connectivity index (χ1n) is 8.14. The Morgan fingerprint density at radius 3 is 2.68 bits per heavy atom. The molecule has 0 radical (unpaired) electrons. The average Bonchev–Trinajstić information content (AvgIpc) is 2.81. The Labute approximate surface area is 132 Å². The fraction of sp³-hybridized carbons (Fsp3) is 0.750. The highest BCUT2D eigenvalue weighted by Gasteiger charge is 2.36. The first-order chi connectivity index (χ1) is 10.5. The number of hydrogen-bond donors (Lipinski definition) is 1. The van der Waals surface area contributed by atoms with Crippen LogP contribution in [0.2, 0.25) is 0 Å². The monoisotopic (exact) mass is 308 g/mol. The molecule has 0 spiro atoms. The third-order valence-corrected chi connectivity index (χ3v) is 4.87. The number of ether oxygens (including phenoxy) is 1. The van der Waals surface area contributed by atoms with Gasteiger partial charge in [-0.25, -0.2) is 4.79 Å².